The first kappa shape index (κ1) is 16.9. The van der Waals surface area contributed by atoms with E-state index in [1.165, 1.54) is 0 Å². The number of urea groups is 1. The molecule has 2 aromatic rings. The second kappa shape index (κ2) is 7.68. The van der Waals surface area contributed by atoms with Crippen LogP contribution in [0.2, 0.25) is 0 Å². The first-order valence-electron chi connectivity index (χ1n) is 7.77. The summed E-state index contributed by atoms with van der Waals surface area (Å²) in [5.74, 6) is 0.777. The van der Waals surface area contributed by atoms with Gasteiger partial charge in [-0.05, 0) is 32.4 Å². The molecule has 2 N–H and O–H groups in total. The Morgan fingerprint density at radius 3 is 2.30 bits per heavy atom. The number of methoxy groups -OCH3 is 1. The second-order valence-electron chi connectivity index (χ2n) is 5.72. The predicted octanol–water partition coefficient (Wildman–Crippen LogP) is 4.13. The number of benzene rings is 2. The molecule has 0 spiro atoms. The van der Waals surface area contributed by atoms with Gasteiger partial charge in [-0.15, -0.1) is 0 Å². The van der Waals surface area contributed by atoms with E-state index in [4.69, 9.17) is 4.74 Å². The molecule has 0 heterocycles. The summed E-state index contributed by atoms with van der Waals surface area (Å²) in [5, 5.41) is 5.93. The van der Waals surface area contributed by atoms with Crippen LogP contribution < -0.4 is 15.4 Å². The zero-order valence-electron chi connectivity index (χ0n) is 14.1. The number of ether oxygens (including phenoxy) is 1. The molecule has 2 amide bonds. The molecule has 2 unspecified atom stereocenters. The highest BCUT2D eigenvalue weighted by atomic mass is 16.5. The Balaban J connectivity index is 2.01. The van der Waals surface area contributed by atoms with Crippen LogP contribution in [0.25, 0.3) is 0 Å². The molecule has 4 nitrogen and oxygen atoms in total. The van der Waals surface area contributed by atoms with Gasteiger partial charge in [-0.2, -0.15) is 0 Å². The van der Waals surface area contributed by atoms with Gasteiger partial charge in [-0.1, -0.05) is 48.0 Å². The van der Waals surface area contributed by atoms with Crippen LogP contribution in [0.1, 0.15) is 42.6 Å². The van der Waals surface area contributed by atoms with E-state index in [1.807, 2.05) is 69.3 Å². The van der Waals surface area contributed by atoms with E-state index < -0.39 is 0 Å². The molecule has 2 aromatic carbocycles. The topological polar surface area (TPSA) is 50.4 Å². The van der Waals surface area contributed by atoms with Crippen LogP contribution in [0.4, 0.5) is 4.79 Å². The van der Waals surface area contributed by atoms with E-state index in [0.29, 0.717) is 0 Å². The quantitative estimate of drug-likeness (QED) is 0.872. The lowest BCUT2D eigenvalue weighted by atomic mass is 10.0. The number of rotatable bonds is 5. The zero-order valence-corrected chi connectivity index (χ0v) is 14.1. The lowest BCUT2D eigenvalue weighted by Crippen LogP contribution is -2.38. The fourth-order valence-corrected chi connectivity index (χ4v) is 2.53. The van der Waals surface area contributed by atoms with E-state index in [0.717, 1.165) is 22.4 Å². The second-order valence-corrected chi connectivity index (χ2v) is 5.72. The molecule has 0 aliphatic carbocycles. The van der Waals surface area contributed by atoms with E-state index in [-0.39, 0.29) is 18.1 Å². The van der Waals surface area contributed by atoms with Crippen LogP contribution in [-0.2, 0) is 0 Å². The van der Waals surface area contributed by atoms with Gasteiger partial charge in [0.1, 0.15) is 5.75 Å². The highest BCUT2D eigenvalue weighted by Gasteiger charge is 2.16. The molecule has 2 atom stereocenters. The van der Waals surface area contributed by atoms with Crippen LogP contribution in [0.5, 0.6) is 5.75 Å². The van der Waals surface area contributed by atoms with E-state index in [9.17, 15) is 4.79 Å². The summed E-state index contributed by atoms with van der Waals surface area (Å²) in [4.78, 5) is 12.2. The molecule has 0 aliphatic rings. The van der Waals surface area contributed by atoms with E-state index in [2.05, 4.69) is 10.6 Å². The van der Waals surface area contributed by atoms with Crippen molar-refractivity contribution in [2.75, 3.05) is 7.11 Å². The van der Waals surface area contributed by atoms with Crippen LogP contribution in [0, 0.1) is 6.92 Å². The van der Waals surface area contributed by atoms with Gasteiger partial charge in [0.2, 0.25) is 0 Å². The number of amides is 2. The van der Waals surface area contributed by atoms with Crippen molar-refractivity contribution in [1.82, 2.24) is 10.6 Å². The summed E-state index contributed by atoms with van der Waals surface area (Å²) in [6, 6.07) is 15.4. The Labute approximate surface area is 137 Å². The fraction of sp³-hybridized carbons (Fsp3) is 0.316. The van der Waals surface area contributed by atoms with Gasteiger partial charge < -0.3 is 15.4 Å². The van der Waals surface area contributed by atoms with Gasteiger partial charge >= 0.3 is 6.03 Å². The van der Waals surface area contributed by atoms with Gasteiger partial charge in [0, 0.05) is 5.56 Å². The molecular formula is C19H24N2O2. The minimum atomic E-state index is -0.197. The van der Waals surface area contributed by atoms with Crippen LogP contribution in [-0.4, -0.2) is 13.1 Å². The summed E-state index contributed by atoms with van der Waals surface area (Å²) in [6.07, 6.45) is 0. The fourth-order valence-electron chi connectivity index (χ4n) is 2.53. The maximum Gasteiger partial charge on any atom is 0.315 e. The molecule has 0 saturated heterocycles. The number of aryl methyl sites for hydroxylation is 1. The lowest BCUT2D eigenvalue weighted by molar-refractivity contribution is 0.234. The van der Waals surface area contributed by atoms with Crippen molar-refractivity contribution in [2.45, 2.75) is 32.9 Å². The SMILES string of the molecule is COc1ccc(C)cc1C(C)NC(=O)NC(C)c1ccccc1. The van der Waals surface area contributed by atoms with Crippen LogP contribution >= 0.6 is 0 Å². The third-order valence-electron chi connectivity index (χ3n) is 3.85. The molecule has 122 valence electrons. The Morgan fingerprint density at radius 1 is 1.00 bits per heavy atom. The molecule has 0 radical (unpaired) electrons. The van der Waals surface area contributed by atoms with Crippen molar-refractivity contribution < 1.29 is 9.53 Å². The largest absolute Gasteiger partial charge is 0.496 e. The minimum absolute atomic E-state index is 0.0530. The number of carbonyl (C=O) groups is 1. The molecule has 4 heteroatoms. The number of hydrogen-bond acceptors (Lipinski definition) is 2. The molecule has 0 bridgehead atoms. The van der Waals surface area contributed by atoms with Gasteiger partial charge in [0.05, 0.1) is 19.2 Å². The minimum Gasteiger partial charge on any atom is -0.496 e. The van der Waals surface area contributed by atoms with E-state index in [1.54, 1.807) is 7.11 Å². The molecule has 0 aromatic heterocycles. The monoisotopic (exact) mass is 312 g/mol. The van der Waals surface area contributed by atoms with Gasteiger partial charge in [-0.25, -0.2) is 4.79 Å². The van der Waals surface area contributed by atoms with E-state index >= 15 is 0 Å². The lowest BCUT2D eigenvalue weighted by Gasteiger charge is -2.20. The maximum absolute atomic E-state index is 12.2. The summed E-state index contributed by atoms with van der Waals surface area (Å²) in [5.41, 5.74) is 3.17. The van der Waals surface area contributed by atoms with Crippen LogP contribution in [0.15, 0.2) is 48.5 Å². The predicted molar refractivity (Wildman–Crippen MR) is 92.7 cm³/mol. The van der Waals surface area contributed by atoms with Crippen molar-refractivity contribution in [1.29, 1.82) is 0 Å². The Kier molecular flexibility index (Phi) is 5.63. The van der Waals surface area contributed by atoms with Crippen LogP contribution in [0.3, 0.4) is 0 Å². The Hall–Kier alpha value is -2.49. The first-order valence-corrected chi connectivity index (χ1v) is 7.77. The maximum atomic E-state index is 12.2. The third-order valence-corrected chi connectivity index (χ3v) is 3.85. The average Bonchev–Trinajstić information content (AvgIpc) is 2.55. The van der Waals surface area contributed by atoms with Gasteiger partial charge in [0.15, 0.2) is 0 Å². The molecule has 0 fully saturated rings. The molecule has 0 aliphatic heterocycles. The van der Waals surface area contributed by atoms with Gasteiger partial charge in [0.25, 0.3) is 0 Å². The molecule has 2 rings (SSSR count). The molecule has 0 saturated carbocycles. The highest BCUT2D eigenvalue weighted by molar-refractivity contribution is 5.75. The van der Waals surface area contributed by atoms with Crippen molar-refractivity contribution in [3.05, 3.63) is 65.2 Å². The Bertz CT molecular complexity index is 656. The molecular weight excluding hydrogens is 288 g/mol. The summed E-state index contributed by atoms with van der Waals surface area (Å²) in [7, 11) is 1.64. The Morgan fingerprint density at radius 2 is 1.65 bits per heavy atom. The van der Waals surface area contributed by atoms with Crippen molar-refractivity contribution in [3.8, 4) is 5.75 Å². The summed E-state index contributed by atoms with van der Waals surface area (Å²) in [6.45, 7) is 5.93. The standard InChI is InChI=1S/C19H24N2O2/c1-13-10-11-18(23-4)17(12-13)15(3)21-19(22)20-14(2)16-8-6-5-7-9-16/h5-12,14-15H,1-4H3,(H2,20,21,22). The van der Waals surface area contributed by atoms with Crippen molar-refractivity contribution in [3.63, 3.8) is 0 Å². The average molecular weight is 312 g/mol. The molecule has 23 heavy (non-hydrogen) atoms. The normalized spacial score (nSPS) is 13.0. The smallest absolute Gasteiger partial charge is 0.315 e. The number of hydrogen-bond donors (Lipinski definition) is 2. The summed E-state index contributed by atoms with van der Waals surface area (Å²) >= 11 is 0. The summed E-state index contributed by atoms with van der Waals surface area (Å²) < 4.78 is 5.38. The first-order chi connectivity index (χ1) is 11.0. The van der Waals surface area contributed by atoms with Crippen molar-refractivity contribution in [2.24, 2.45) is 0 Å². The third kappa shape index (κ3) is 4.49. The van der Waals surface area contributed by atoms with Gasteiger partial charge in [-0.3, -0.25) is 0 Å². The number of carbonyl (C=O) groups excluding carboxylic acids is 1. The zero-order chi connectivity index (χ0) is 16.8. The highest BCUT2D eigenvalue weighted by Crippen LogP contribution is 2.26. The number of nitrogens with one attached hydrogen (secondary N) is 2. The van der Waals surface area contributed by atoms with Crippen molar-refractivity contribution >= 4 is 6.03 Å².